The van der Waals surface area contributed by atoms with Crippen molar-refractivity contribution in [3.63, 3.8) is 0 Å². The molecule has 1 saturated carbocycles. The molecule has 2 aliphatic rings. The van der Waals surface area contributed by atoms with Gasteiger partial charge in [-0.15, -0.1) is 0 Å². The molecule has 0 amide bonds. The number of hydrogen-bond donors (Lipinski definition) is 1. The summed E-state index contributed by atoms with van der Waals surface area (Å²) >= 11 is 0. The van der Waals surface area contributed by atoms with E-state index in [0.29, 0.717) is 6.04 Å². The zero-order valence-corrected chi connectivity index (χ0v) is 11.0. The number of nitrogens with zero attached hydrogens (tertiary/aromatic N) is 1. The highest BCUT2D eigenvalue weighted by Gasteiger charge is 2.39. The van der Waals surface area contributed by atoms with Gasteiger partial charge < -0.3 is 10.5 Å². The van der Waals surface area contributed by atoms with Gasteiger partial charge in [0.1, 0.15) is 12.4 Å². The maximum atomic E-state index is 6.47. The van der Waals surface area contributed by atoms with Gasteiger partial charge >= 0.3 is 0 Å². The van der Waals surface area contributed by atoms with Crippen LogP contribution in [-0.2, 0) is 0 Å². The second-order valence-corrected chi connectivity index (χ2v) is 5.41. The lowest BCUT2D eigenvalue weighted by molar-refractivity contribution is 0.0909. The molecule has 3 rings (SSSR count). The summed E-state index contributed by atoms with van der Waals surface area (Å²) in [5.41, 5.74) is 7.63. The summed E-state index contributed by atoms with van der Waals surface area (Å²) in [6.45, 7) is 4.10. The number of hydrogen-bond acceptors (Lipinski definition) is 3. The highest BCUT2D eigenvalue weighted by molar-refractivity contribution is 5.38. The minimum Gasteiger partial charge on any atom is -0.492 e. The molecule has 1 fully saturated rings. The molecule has 2 atom stereocenters. The van der Waals surface area contributed by atoms with Crippen molar-refractivity contribution in [2.24, 2.45) is 5.73 Å². The van der Waals surface area contributed by atoms with Crippen molar-refractivity contribution < 1.29 is 4.74 Å². The minimum absolute atomic E-state index is 0.0853. The van der Waals surface area contributed by atoms with E-state index in [1.54, 1.807) is 0 Å². The Morgan fingerprint density at radius 1 is 1.33 bits per heavy atom. The van der Waals surface area contributed by atoms with Crippen LogP contribution in [-0.4, -0.2) is 30.1 Å². The third kappa shape index (κ3) is 2.13. The normalized spacial score (nSPS) is 26.8. The van der Waals surface area contributed by atoms with Gasteiger partial charge in [-0.3, -0.25) is 4.90 Å². The van der Waals surface area contributed by atoms with E-state index < -0.39 is 0 Å². The van der Waals surface area contributed by atoms with Crippen LogP contribution in [0, 0.1) is 0 Å². The largest absolute Gasteiger partial charge is 0.492 e. The van der Waals surface area contributed by atoms with E-state index in [-0.39, 0.29) is 6.04 Å². The molecule has 1 aliphatic heterocycles. The van der Waals surface area contributed by atoms with Gasteiger partial charge in [-0.25, -0.2) is 0 Å². The SMILES string of the molecule is CCCN(C1CC1)C1COc2ccccc2C1N. The number of nitrogens with two attached hydrogens (primary N) is 1. The van der Waals surface area contributed by atoms with Crippen LogP contribution in [0.3, 0.4) is 0 Å². The summed E-state index contributed by atoms with van der Waals surface area (Å²) in [5, 5.41) is 0. The first-order chi connectivity index (χ1) is 8.81. The van der Waals surface area contributed by atoms with Gasteiger partial charge in [0.25, 0.3) is 0 Å². The van der Waals surface area contributed by atoms with E-state index in [1.165, 1.54) is 19.3 Å². The number of ether oxygens (including phenoxy) is 1. The topological polar surface area (TPSA) is 38.5 Å². The van der Waals surface area contributed by atoms with Crippen LogP contribution in [0.4, 0.5) is 0 Å². The molecule has 18 heavy (non-hydrogen) atoms. The van der Waals surface area contributed by atoms with Gasteiger partial charge in [0.2, 0.25) is 0 Å². The second-order valence-electron chi connectivity index (χ2n) is 5.41. The lowest BCUT2D eigenvalue weighted by atomic mass is 9.95. The van der Waals surface area contributed by atoms with Gasteiger partial charge in [-0.05, 0) is 31.9 Å². The Morgan fingerprint density at radius 3 is 2.83 bits per heavy atom. The summed E-state index contributed by atoms with van der Waals surface area (Å²) in [5.74, 6) is 0.966. The quantitative estimate of drug-likeness (QED) is 0.886. The Hall–Kier alpha value is -1.06. The summed E-state index contributed by atoms with van der Waals surface area (Å²) in [4.78, 5) is 2.57. The van der Waals surface area contributed by atoms with E-state index >= 15 is 0 Å². The zero-order valence-electron chi connectivity index (χ0n) is 11.0. The number of benzene rings is 1. The van der Waals surface area contributed by atoms with Gasteiger partial charge in [0, 0.05) is 11.6 Å². The van der Waals surface area contributed by atoms with Crippen LogP contribution in [0.25, 0.3) is 0 Å². The van der Waals surface area contributed by atoms with Crippen molar-refractivity contribution in [2.75, 3.05) is 13.2 Å². The molecule has 0 bridgehead atoms. The third-order valence-electron chi connectivity index (χ3n) is 4.03. The molecule has 1 aromatic rings. The second kappa shape index (κ2) is 4.90. The predicted octanol–water partition coefficient (Wildman–Crippen LogP) is 2.32. The summed E-state index contributed by atoms with van der Waals surface area (Å²) < 4.78 is 5.89. The van der Waals surface area contributed by atoms with Crippen molar-refractivity contribution in [3.05, 3.63) is 29.8 Å². The monoisotopic (exact) mass is 246 g/mol. The Labute approximate surface area is 109 Å². The molecule has 0 spiro atoms. The highest BCUT2D eigenvalue weighted by atomic mass is 16.5. The average Bonchev–Trinajstić information content (AvgIpc) is 3.22. The fraction of sp³-hybridized carbons (Fsp3) is 0.600. The lowest BCUT2D eigenvalue weighted by Crippen LogP contribution is -2.50. The van der Waals surface area contributed by atoms with Crippen molar-refractivity contribution in [3.8, 4) is 5.75 Å². The average molecular weight is 246 g/mol. The number of para-hydroxylation sites is 1. The van der Waals surface area contributed by atoms with Gasteiger partial charge in [-0.2, -0.15) is 0 Å². The van der Waals surface area contributed by atoms with Crippen LogP contribution in [0.2, 0.25) is 0 Å². The smallest absolute Gasteiger partial charge is 0.124 e. The Balaban J connectivity index is 1.82. The molecule has 0 aromatic heterocycles. The fourth-order valence-electron chi connectivity index (χ4n) is 2.96. The van der Waals surface area contributed by atoms with Crippen LogP contribution < -0.4 is 10.5 Å². The van der Waals surface area contributed by atoms with Gasteiger partial charge in [0.05, 0.1) is 12.1 Å². The first-order valence-electron chi connectivity index (χ1n) is 7.04. The van der Waals surface area contributed by atoms with E-state index in [2.05, 4.69) is 17.9 Å². The molecule has 3 heteroatoms. The lowest BCUT2D eigenvalue weighted by Gasteiger charge is -2.39. The standard InChI is InChI=1S/C15H22N2O/c1-2-9-17(11-7-8-11)13-10-18-14-6-4-3-5-12(14)15(13)16/h3-6,11,13,15H,2,7-10,16H2,1H3. The molecule has 1 heterocycles. The molecule has 3 nitrogen and oxygen atoms in total. The predicted molar refractivity (Wildman–Crippen MR) is 72.7 cm³/mol. The zero-order chi connectivity index (χ0) is 12.5. The van der Waals surface area contributed by atoms with Crippen molar-refractivity contribution in [1.82, 2.24) is 4.90 Å². The first kappa shape index (κ1) is 12.0. The molecule has 1 aliphatic carbocycles. The van der Waals surface area contributed by atoms with E-state index in [9.17, 15) is 0 Å². The maximum absolute atomic E-state index is 6.47. The number of rotatable bonds is 4. The van der Waals surface area contributed by atoms with Gasteiger partial charge in [-0.1, -0.05) is 25.1 Å². The van der Waals surface area contributed by atoms with Crippen LogP contribution in [0.5, 0.6) is 5.75 Å². The Bertz CT molecular complexity index is 417. The van der Waals surface area contributed by atoms with Crippen molar-refractivity contribution in [2.45, 2.75) is 44.3 Å². The molecule has 2 N–H and O–H groups in total. The van der Waals surface area contributed by atoms with Gasteiger partial charge in [0.15, 0.2) is 0 Å². The maximum Gasteiger partial charge on any atom is 0.124 e. The van der Waals surface area contributed by atoms with E-state index in [1.807, 2.05) is 18.2 Å². The van der Waals surface area contributed by atoms with Crippen LogP contribution >= 0.6 is 0 Å². The molecular formula is C15H22N2O. The molecular weight excluding hydrogens is 224 g/mol. The molecule has 1 aromatic carbocycles. The molecule has 0 saturated heterocycles. The Kier molecular flexibility index (Phi) is 3.27. The van der Waals surface area contributed by atoms with E-state index in [4.69, 9.17) is 10.5 Å². The number of fused-ring (bicyclic) bond motifs is 1. The van der Waals surface area contributed by atoms with Crippen LogP contribution in [0.15, 0.2) is 24.3 Å². The molecule has 0 radical (unpaired) electrons. The van der Waals surface area contributed by atoms with Crippen molar-refractivity contribution in [1.29, 1.82) is 0 Å². The Morgan fingerprint density at radius 2 is 2.11 bits per heavy atom. The fourth-order valence-corrected chi connectivity index (χ4v) is 2.96. The van der Waals surface area contributed by atoms with Crippen LogP contribution in [0.1, 0.15) is 37.8 Å². The molecule has 98 valence electrons. The first-order valence-corrected chi connectivity index (χ1v) is 7.04. The highest BCUT2D eigenvalue weighted by Crippen LogP contribution is 2.37. The minimum atomic E-state index is 0.0853. The summed E-state index contributed by atoms with van der Waals surface area (Å²) in [6.07, 6.45) is 3.83. The third-order valence-corrected chi connectivity index (χ3v) is 4.03. The summed E-state index contributed by atoms with van der Waals surface area (Å²) in [6, 6.07) is 9.35. The molecule has 2 unspecified atom stereocenters. The van der Waals surface area contributed by atoms with E-state index in [0.717, 1.165) is 30.5 Å². The summed E-state index contributed by atoms with van der Waals surface area (Å²) in [7, 11) is 0. The van der Waals surface area contributed by atoms with Crippen molar-refractivity contribution >= 4 is 0 Å².